The molecule has 2 saturated heterocycles. The van der Waals surface area contributed by atoms with Crippen LogP contribution in [-0.4, -0.2) is 77.5 Å². The molecule has 7 nitrogen and oxygen atoms in total. The molecule has 2 fully saturated rings. The number of hydrogen-bond donors (Lipinski definition) is 2. The molecule has 2 N–H and O–H groups in total. The number of carboxylic acids is 1. The van der Waals surface area contributed by atoms with Gasteiger partial charge in [0.15, 0.2) is 0 Å². The van der Waals surface area contributed by atoms with Gasteiger partial charge >= 0.3 is 12.0 Å². The van der Waals surface area contributed by atoms with Gasteiger partial charge in [-0.15, -0.1) is 0 Å². The molecule has 2 rings (SSSR count). The maximum Gasteiger partial charge on any atom is 0.326 e. The van der Waals surface area contributed by atoms with E-state index >= 15 is 0 Å². The molecule has 2 heterocycles. The smallest absolute Gasteiger partial charge is 0.326 e. The second-order valence-corrected chi connectivity index (χ2v) is 5.61. The minimum atomic E-state index is -1.06. The highest BCUT2D eigenvalue weighted by Gasteiger charge is 2.40. The number of carbonyl (C=O) groups excluding carboxylic acids is 1. The van der Waals surface area contributed by atoms with E-state index in [0.29, 0.717) is 25.7 Å². The van der Waals surface area contributed by atoms with E-state index in [9.17, 15) is 14.7 Å². The van der Waals surface area contributed by atoms with Crippen molar-refractivity contribution in [2.75, 3.05) is 33.4 Å². The van der Waals surface area contributed by atoms with E-state index in [-0.39, 0.29) is 19.0 Å². The predicted octanol–water partition coefficient (Wildman–Crippen LogP) is -0.0154. The van der Waals surface area contributed by atoms with Crippen LogP contribution < -0.4 is 0 Å². The number of amides is 2. The summed E-state index contributed by atoms with van der Waals surface area (Å²) in [6.45, 7) is 2.12. The lowest BCUT2D eigenvalue weighted by Crippen LogP contribution is -2.48. The van der Waals surface area contributed by atoms with Crippen molar-refractivity contribution >= 4 is 12.0 Å². The van der Waals surface area contributed by atoms with Gasteiger partial charge in [-0.05, 0) is 18.8 Å². The zero-order valence-corrected chi connectivity index (χ0v) is 11.7. The van der Waals surface area contributed by atoms with Crippen LogP contribution in [0.1, 0.15) is 19.3 Å². The van der Waals surface area contributed by atoms with Crippen LogP contribution in [0.2, 0.25) is 0 Å². The lowest BCUT2D eigenvalue weighted by molar-refractivity contribution is -0.141. The number of urea groups is 1. The molecule has 114 valence electrons. The standard InChI is InChI=1S/C13H22N2O5/c1-14(7-9-2-4-20-5-3-9)13(19)15-8-10(16)6-11(15)12(17)18/h9-11,16H,2-8H2,1H3,(H,17,18)/t10?,11-/m0/s1. The van der Waals surface area contributed by atoms with Crippen molar-refractivity contribution in [2.24, 2.45) is 5.92 Å². The number of β-amino-alcohol motifs (C(OH)–C–C–N with tert-alkyl or cyclic N) is 1. The van der Waals surface area contributed by atoms with Crippen LogP contribution in [-0.2, 0) is 9.53 Å². The number of aliphatic hydroxyl groups is 1. The molecule has 1 unspecified atom stereocenters. The quantitative estimate of drug-likeness (QED) is 0.761. The van der Waals surface area contributed by atoms with Crippen LogP contribution in [0.3, 0.4) is 0 Å². The molecule has 0 radical (unpaired) electrons. The summed E-state index contributed by atoms with van der Waals surface area (Å²) in [4.78, 5) is 26.3. The minimum absolute atomic E-state index is 0.0912. The van der Waals surface area contributed by atoms with Crippen molar-refractivity contribution in [2.45, 2.75) is 31.4 Å². The molecule has 20 heavy (non-hydrogen) atoms. The largest absolute Gasteiger partial charge is 0.480 e. The molecule has 0 aromatic carbocycles. The van der Waals surface area contributed by atoms with Gasteiger partial charge < -0.3 is 24.7 Å². The number of carbonyl (C=O) groups is 2. The molecule has 0 saturated carbocycles. The zero-order chi connectivity index (χ0) is 14.7. The Hall–Kier alpha value is -1.34. The Morgan fingerprint density at radius 3 is 2.60 bits per heavy atom. The molecule has 2 atom stereocenters. The average molecular weight is 286 g/mol. The fraction of sp³-hybridized carbons (Fsp3) is 0.846. The van der Waals surface area contributed by atoms with Gasteiger partial charge in [-0.3, -0.25) is 0 Å². The Labute approximate surface area is 118 Å². The highest BCUT2D eigenvalue weighted by atomic mass is 16.5. The SMILES string of the molecule is CN(CC1CCOCC1)C(=O)N1CC(O)C[C@H]1C(=O)O. The molecule has 7 heteroatoms. The van der Waals surface area contributed by atoms with Gasteiger partial charge in [-0.25, -0.2) is 9.59 Å². The van der Waals surface area contributed by atoms with Crippen molar-refractivity contribution in [1.29, 1.82) is 0 Å². The predicted molar refractivity (Wildman–Crippen MR) is 70.3 cm³/mol. The lowest BCUT2D eigenvalue weighted by atomic mass is 10.00. The van der Waals surface area contributed by atoms with Crippen LogP contribution >= 0.6 is 0 Å². The van der Waals surface area contributed by atoms with Crippen molar-refractivity contribution in [1.82, 2.24) is 9.80 Å². The number of carboxylic acid groups (broad SMARTS) is 1. The van der Waals surface area contributed by atoms with Crippen molar-refractivity contribution < 1.29 is 24.5 Å². The third-order valence-electron chi connectivity index (χ3n) is 4.01. The fourth-order valence-electron chi connectivity index (χ4n) is 2.87. The first-order valence-electron chi connectivity index (χ1n) is 6.99. The van der Waals surface area contributed by atoms with Crippen molar-refractivity contribution in [3.05, 3.63) is 0 Å². The van der Waals surface area contributed by atoms with Crippen LogP contribution in [0.5, 0.6) is 0 Å². The number of ether oxygens (including phenoxy) is 1. The molecule has 0 spiro atoms. The van der Waals surface area contributed by atoms with Gasteiger partial charge in [0.05, 0.1) is 6.10 Å². The summed E-state index contributed by atoms with van der Waals surface area (Å²) in [6, 6.07) is -1.24. The fourth-order valence-corrected chi connectivity index (χ4v) is 2.87. The summed E-state index contributed by atoms with van der Waals surface area (Å²) < 4.78 is 5.28. The molecule has 2 amide bonds. The maximum absolute atomic E-state index is 12.3. The zero-order valence-electron chi connectivity index (χ0n) is 11.7. The van der Waals surface area contributed by atoms with E-state index in [1.54, 1.807) is 11.9 Å². The van der Waals surface area contributed by atoms with Gasteiger partial charge in [0, 0.05) is 39.8 Å². The number of rotatable bonds is 3. The Morgan fingerprint density at radius 1 is 1.35 bits per heavy atom. The van der Waals surface area contributed by atoms with Crippen LogP contribution in [0.15, 0.2) is 0 Å². The molecule has 0 aliphatic carbocycles. The van der Waals surface area contributed by atoms with Crippen molar-refractivity contribution in [3.8, 4) is 0 Å². The number of nitrogens with zero attached hydrogens (tertiary/aromatic N) is 2. The molecule has 2 aliphatic rings. The van der Waals surface area contributed by atoms with Gasteiger partial charge in [0.1, 0.15) is 6.04 Å². The van der Waals surface area contributed by atoms with Crippen molar-refractivity contribution in [3.63, 3.8) is 0 Å². The van der Waals surface area contributed by atoms with Gasteiger partial charge in [0.25, 0.3) is 0 Å². The summed E-state index contributed by atoms with van der Waals surface area (Å²) in [7, 11) is 1.68. The van der Waals surface area contributed by atoms with E-state index in [1.807, 2.05) is 0 Å². The van der Waals surface area contributed by atoms with Crippen LogP contribution in [0.25, 0.3) is 0 Å². The van der Waals surface area contributed by atoms with E-state index in [2.05, 4.69) is 0 Å². The molecular formula is C13H22N2O5. The minimum Gasteiger partial charge on any atom is -0.480 e. The third kappa shape index (κ3) is 3.40. The summed E-state index contributed by atoms with van der Waals surface area (Å²) >= 11 is 0. The van der Waals surface area contributed by atoms with E-state index in [1.165, 1.54) is 4.90 Å². The molecular weight excluding hydrogens is 264 g/mol. The lowest BCUT2D eigenvalue weighted by Gasteiger charge is -2.31. The second kappa shape index (κ2) is 6.41. The van der Waals surface area contributed by atoms with Gasteiger partial charge in [-0.1, -0.05) is 0 Å². The number of aliphatic carboxylic acids is 1. The highest BCUT2D eigenvalue weighted by molar-refractivity contribution is 5.83. The summed E-state index contributed by atoms with van der Waals surface area (Å²) in [6.07, 6.45) is 1.19. The first-order valence-corrected chi connectivity index (χ1v) is 6.99. The summed E-state index contributed by atoms with van der Waals surface area (Å²) in [5.41, 5.74) is 0. The normalized spacial score (nSPS) is 27.6. The summed E-state index contributed by atoms with van der Waals surface area (Å²) in [5, 5.41) is 18.7. The number of hydrogen-bond acceptors (Lipinski definition) is 4. The van der Waals surface area contributed by atoms with E-state index in [0.717, 1.165) is 12.8 Å². The molecule has 0 bridgehead atoms. The topological polar surface area (TPSA) is 90.3 Å². The maximum atomic E-state index is 12.3. The Kier molecular flexibility index (Phi) is 4.82. The Morgan fingerprint density at radius 2 is 2.00 bits per heavy atom. The highest BCUT2D eigenvalue weighted by Crippen LogP contribution is 2.21. The molecule has 2 aliphatic heterocycles. The Balaban J connectivity index is 1.93. The number of likely N-dealkylation sites (tertiary alicyclic amines) is 1. The third-order valence-corrected chi connectivity index (χ3v) is 4.01. The van der Waals surface area contributed by atoms with Gasteiger partial charge in [0.2, 0.25) is 0 Å². The molecule has 0 aromatic rings. The van der Waals surface area contributed by atoms with E-state index < -0.39 is 18.1 Å². The number of aliphatic hydroxyl groups excluding tert-OH is 1. The average Bonchev–Trinajstić information content (AvgIpc) is 2.81. The first kappa shape index (κ1) is 15.1. The Bertz CT molecular complexity index is 370. The first-order chi connectivity index (χ1) is 9.49. The van der Waals surface area contributed by atoms with Crippen LogP contribution in [0, 0.1) is 5.92 Å². The summed E-state index contributed by atoms with van der Waals surface area (Å²) in [5.74, 6) is -0.664. The van der Waals surface area contributed by atoms with Crippen LogP contribution in [0.4, 0.5) is 4.79 Å². The monoisotopic (exact) mass is 286 g/mol. The molecule has 0 aromatic heterocycles. The second-order valence-electron chi connectivity index (χ2n) is 5.61. The van der Waals surface area contributed by atoms with E-state index in [4.69, 9.17) is 9.84 Å². The van der Waals surface area contributed by atoms with Gasteiger partial charge in [-0.2, -0.15) is 0 Å².